The van der Waals surface area contributed by atoms with Crippen molar-refractivity contribution in [1.29, 1.82) is 0 Å². The number of rotatable bonds is 2. The number of ether oxygens (including phenoxy) is 1. The van der Waals surface area contributed by atoms with E-state index in [1.807, 2.05) is 0 Å². The maximum atomic E-state index is 13.9. The minimum absolute atomic E-state index is 0.0951. The summed E-state index contributed by atoms with van der Waals surface area (Å²) in [6.45, 7) is 0. The highest BCUT2D eigenvalue weighted by Crippen LogP contribution is 2.36. The third-order valence-corrected chi connectivity index (χ3v) is 3.59. The molecule has 2 aromatic carbocycles. The zero-order valence-electron chi connectivity index (χ0n) is 9.31. The molecule has 0 spiro atoms. The molecule has 2 rings (SSSR count). The molecular weight excluding hydrogens is 370 g/mol. The van der Waals surface area contributed by atoms with E-state index in [1.165, 1.54) is 19.2 Å². The van der Waals surface area contributed by atoms with Gasteiger partial charge < -0.3 is 4.74 Å². The molecule has 0 radical (unpaired) electrons. The lowest BCUT2D eigenvalue weighted by Crippen LogP contribution is -1.94. The summed E-state index contributed by atoms with van der Waals surface area (Å²) in [4.78, 5) is 0. The fraction of sp³-hybridized carbons (Fsp3) is 0.0769. The predicted molar refractivity (Wildman–Crippen MR) is 73.7 cm³/mol. The smallest absolute Gasteiger partial charge is 0.173 e. The van der Waals surface area contributed by atoms with Crippen LogP contribution in [-0.2, 0) is 0 Å². The number of methoxy groups -OCH3 is 1. The van der Waals surface area contributed by atoms with Gasteiger partial charge in [-0.1, -0.05) is 15.9 Å². The van der Waals surface area contributed by atoms with Gasteiger partial charge in [0.1, 0.15) is 5.75 Å². The van der Waals surface area contributed by atoms with Crippen LogP contribution in [0.3, 0.4) is 0 Å². The van der Waals surface area contributed by atoms with Gasteiger partial charge in [-0.25, -0.2) is 8.78 Å². The Balaban J connectivity index is 2.69. The average Bonchev–Trinajstić information content (AvgIpc) is 2.36. The molecule has 0 heterocycles. The minimum atomic E-state index is -0.908. The first kappa shape index (κ1) is 13.5. The maximum Gasteiger partial charge on any atom is 0.173 e. The van der Waals surface area contributed by atoms with Crippen molar-refractivity contribution < 1.29 is 13.5 Å². The Labute approximate surface area is 120 Å². The summed E-state index contributed by atoms with van der Waals surface area (Å²) in [6, 6.07) is 8.12. The van der Waals surface area contributed by atoms with Crippen molar-refractivity contribution >= 4 is 31.9 Å². The maximum absolute atomic E-state index is 13.9. The molecular formula is C13H8Br2F2O. The van der Waals surface area contributed by atoms with Gasteiger partial charge in [-0.05, 0) is 46.3 Å². The van der Waals surface area contributed by atoms with Gasteiger partial charge in [0.05, 0.1) is 11.6 Å². The number of benzene rings is 2. The molecule has 0 saturated carbocycles. The monoisotopic (exact) mass is 376 g/mol. The fourth-order valence-electron chi connectivity index (χ4n) is 1.62. The van der Waals surface area contributed by atoms with Crippen LogP contribution in [0.1, 0.15) is 0 Å². The van der Waals surface area contributed by atoms with Gasteiger partial charge in [-0.15, -0.1) is 0 Å². The first-order valence-corrected chi connectivity index (χ1v) is 6.60. The molecule has 0 bridgehead atoms. The Kier molecular flexibility index (Phi) is 4.02. The lowest BCUT2D eigenvalue weighted by Gasteiger charge is -2.11. The highest BCUT2D eigenvalue weighted by molar-refractivity contribution is 9.10. The molecule has 0 saturated heterocycles. The van der Waals surface area contributed by atoms with Crippen LogP contribution in [0.2, 0.25) is 0 Å². The van der Waals surface area contributed by atoms with E-state index in [-0.39, 0.29) is 10.0 Å². The Morgan fingerprint density at radius 1 is 0.944 bits per heavy atom. The zero-order chi connectivity index (χ0) is 13.3. The average molecular weight is 378 g/mol. The van der Waals surface area contributed by atoms with Crippen molar-refractivity contribution in [3.05, 3.63) is 50.9 Å². The topological polar surface area (TPSA) is 9.23 Å². The number of halogens is 4. The van der Waals surface area contributed by atoms with Crippen molar-refractivity contribution in [2.45, 2.75) is 0 Å². The van der Waals surface area contributed by atoms with E-state index in [0.29, 0.717) is 11.3 Å². The molecule has 0 fully saturated rings. The Hall–Kier alpha value is -0.940. The SMILES string of the molecule is COc1ccc(Br)cc1-c1ccc(Br)c(F)c1F. The summed E-state index contributed by atoms with van der Waals surface area (Å²) in [6.07, 6.45) is 0. The molecule has 0 atom stereocenters. The third kappa shape index (κ3) is 2.42. The second-order valence-electron chi connectivity index (χ2n) is 3.57. The molecule has 0 aliphatic rings. The zero-order valence-corrected chi connectivity index (χ0v) is 12.5. The van der Waals surface area contributed by atoms with Crippen molar-refractivity contribution in [2.24, 2.45) is 0 Å². The molecule has 0 aromatic heterocycles. The summed E-state index contributed by atoms with van der Waals surface area (Å²) < 4.78 is 33.5. The van der Waals surface area contributed by atoms with Gasteiger partial charge in [0.2, 0.25) is 0 Å². The van der Waals surface area contributed by atoms with Crippen LogP contribution in [-0.4, -0.2) is 7.11 Å². The molecule has 2 aromatic rings. The molecule has 1 nitrogen and oxygen atoms in total. The van der Waals surface area contributed by atoms with E-state index in [1.54, 1.807) is 18.2 Å². The van der Waals surface area contributed by atoms with Gasteiger partial charge in [-0.2, -0.15) is 0 Å². The van der Waals surface area contributed by atoms with Crippen LogP contribution in [0, 0.1) is 11.6 Å². The van der Waals surface area contributed by atoms with Crippen LogP contribution in [0.15, 0.2) is 39.3 Å². The third-order valence-electron chi connectivity index (χ3n) is 2.49. The van der Waals surface area contributed by atoms with Gasteiger partial charge in [0.15, 0.2) is 11.6 Å². The van der Waals surface area contributed by atoms with E-state index in [0.717, 1.165) is 4.47 Å². The molecule has 0 amide bonds. The van der Waals surface area contributed by atoms with E-state index in [2.05, 4.69) is 31.9 Å². The van der Waals surface area contributed by atoms with E-state index in [4.69, 9.17) is 4.74 Å². The second kappa shape index (κ2) is 5.36. The fourth-order valence-corrected chi connectivity index (χ4v) is 2.29. The lowest BCUT2D eigenvalue weighted by molar-refractivity contribution is 0.416. The summed E-state index contributed by atoms with van der Waals surface area (Å²) in [5.74, 6) is -1.32. The molecule has 94 valence electrons. The molecule has 5 heteroatoms. The van der Waals surface area contributed by atoms with Crippen molar-refractivity contribution in [1.82, 2.24) is 0 Å². The number of hydrogen-bond donors (Lipinski definition) is 0. The summed E-state index contributed by atoms with van der Waals surface area (Å²) in [5.41, 5.74) is 0.657. The lowest BCUT2D eigenvalue weighted by atomic mass is 10.0. The van der Waals surface area contributed by atoms with Crippen LogP contribution in [0.4, 0.5) is 8.78 Å². The van der Waals surface area contributed by atoms with Gasteiger partial charge in [0, 0.05) is 15.6 Å². The first-order valence-electron chi connectivity index (χ1n) is 5.02. The second-order valence-corrected chi connectivity index (χ2v) is 5.34. The Morgan fingerprint density at radius 3 is 2.33 bits per heavy atom. The quantitative estimate of drug-likeness (QED) is 0.656. The van der Waals surface area contributed by atoms with E-state index < -0.39 is 11.6 Å². The molecule has 0 unspecified atom stereocenters. The van der Waals surface area contributed by atoms with Gasteiger partial charge >= 0.3 is 0 Å². The normalized spacial score (nSPS) is 10.5. The van der Waals surface area contributed by atoms with Crippen LogP contribution in [0.25, 0.3) is 11.1 Å². The highest BCUT2D eigenvalue weighted by Gasteiger charge is 2.16. The minimum Gasteiger partial charge on any atom is -0.496 e. The predicted octanol–water partition coefficient (Wildman–Crippen LogP) is 5.17. The molecule has 0 N–H and O–H groups in total. The van der Waals surface area contributed by atoms with Crippen molar-refractivity contribution in [3.8, 4) is 16.9 Å². The summed E-state index contributed by atoms with van der Waals surface area (Å²) in [5, 5.41) is 0. The van der Waals surface area contributed by atoms with E-state index in [9.17, 15) is 8.78 Å². The first-order chi connectivity index (χ1) is 8.54. The number of hydrogen-bond acceptors (Lipinski definition) is 1. The van der Waals surface area contributed by atoms with E-state index >= 15 is 0 Å². The standard InChI is InChI=1S/C13H8Br2F2O/c1-18-11-5-2-7(14)6-9(11)8-3-4-10(15)13(17)12(8)16/h2-6H,1H3. The molecule has 0 aliphatic carbocycles. The summed E-state index contributed by atoms with van der Waals surface area (Å²) in [7, 11) is 1.49. The molecule has 0 aliphatic heterocycles. The van der Waals surface area contributed by atoms with Crippen molar-refractivity contribution in [3.63, 3.8) is 0 Å². The Bertz CT molecular complexity index is 600. The summed E-state index contributed by atoms with van der Waals surface area (Å²) >= 11 is 6.25. The van der Waals surface area contributed by atoms with Crippen LogP contribution in [0.5, 0.6) is 5.75 Å². The molecule has 18 heavy (non-hydrogen) atoms. The largest absolute Gasteiger partial charge is 0.496 e. The van der Waals surface area contributed by atoms with Gasteiger partial charge in [0.25, 0.3) is 0 Å². The van der Waals surface area contributed by atoms with Crippen molar-refractivity contribution in [2.75, 3.05) is 7.11 Å². The van der Waals surface area contributed by atoms with Crippen LogP contribution >= 0.6 is 31.9 Å². The van der Waals surface area contributed by atoms with Crippen LogP contribution < -0.4 is 4.74 Å². The highest BCUT2D eigenvalue weighted by atomic mass is 79.9. The Morgan fingerprint density at radius 2 is 1.67 bits per heavy atom. The van der Waals surface area contributed by atoms with Gasteiger partial charge in [-0.3, -0.25) is 0 Å².